The average Bonchev–Trinajstić information content (AvgIpc) is 2.88. The number of nitrogens with one attached hydrogen (secondary N) is 1. The summed E-state index contributed by atoms with van der Waals surface area (Å²) in [5.74, 6) is 0.626. The van der Waals surface area contributed by atoms with Gasteiger partial charge in [-0.05, 0) is 30.7 Å². The highest BCUT2D eigenvalue weighted by Crippen LogP contribution is 2.31. The van der Waals surface area contributed by atoms with Gasteiger partial charge in [0.25, 0.3) is 5.91 Å². The van der Waals surface area contributed by atoms with Gasteiger partial charge in [-0.1, -0.05) is 37.3 Å². The Labute approximate surface area is 119 Å². The third-order valence-corrected chi connectivity index (χ3v) is 4.39. The Bertz CT molecular complexity index is 514. The Hall–Kier alpha value is -1.84. The van der Waals surface area contributed by atoms with Gasteiger partial charge in [0.1, 0.15) is 6.04 Å². The van der Waals surface area contributed by atoms with Gasteiger partial charge in [-0.2, -0.15) is 0 Å². The normalized spacial score (nSPS) is 30.4. The zero-order chi connectivity index (χ0) is 14.1. The van der Waals surface area contributed by atoms with Crippen LogP contribution in [0.5, 0.6) is 0 Å². The highest BCUT2D eigenvalue weighted by Gasteiger charge is 2.39. The van der Waals surface area contributed by atoms with Crippen LogP contribution < -0.4 is 5.32 Å². The van der Waals surface area contributed by atoms with Crippen molar-refractivity contribution in [2.24, 2.45) is 5.92 Å². The van der Waals surface area contributed by atoms with Gasteiger partial charge in [-0.3, -0.25) is 9.59 Å². The van der Waals surface area contributed by atoms with Crippen molar-refractivity contribution < 1.29 is 9.59 Å². The van der Waals surface area contributed by atoms with E-state index in [0.29, 0.717) is 5.92 Å². The quantitative estimate of drug-likeness (QED) is 0.893. The van der Waals surface area contributed by atoms with Crippen LogP contribution in [0.2, 0.25) is 0 Å². The molecule has 1 N–H and O–H groups in total. The average molecular weight is 272 g/mol. The Kier molecular flexibility index (Phi) is 3.47. The fourth-order valence-electron chi connectivity index (χ4n) is 3.31. The van der Waals surface area contributed by atoms with Gasteiger partial charge in [-0.15, -0.1) is 0 Å². The van der Waals surface area contributed by atoms with Crippen molar-refractivity contribution in [2.75, 3.05) is 6.54 Å². The van der Waals surface area contributed by atoms with Crippen LogP contribution in [0, 0.1) is 5.92 Å². The molecule has 106 valence electrons. The molecule has 20 heavy (non-hydrogen) atoms. The molecule has 0 spiro atoms. The third kappa shape index (κ3) is 2.42. The fourth-order valence-corrected chi connectivity index (χ4v) is 3.31. The van der Waals surface area contributed by atoms with Gasteiger partial charge in [0, 0.05) is 6.04 Å². The lowest BCUT2D eigenvalue weighted by molar-refractivity contribution is -0.146. The van der Waals surface area contributed by atoms with Crippen LogP contribution >= 0.6 is 0 Å². The molecule has 1 aromatic rings. The summed E-state index contributed by atoms with van der Waals surface area (Å²) in [5.41, 5.74) is 0.863. The number of rotatable bonds is 2. The highest BCUT2D eigenvalue weighted by molar-refractivity contribution is 5.95. The standard InChI is InChI=1S/C16H20N2O2/c1-11-7-8-13(9-11)18-10-14(19)17-15(16(18)20)12-5-3-2-4-6-12/h2-6,11,13,15H,7-10H2,1H3,(H,17,19). The first-order valence-electron chi connectivity index (χ1n) is 7.30. The molecule has 1 saturated carbocycles. The van der Waals surface area contributed by atoms with Crippen molar-refractivity contribution in [3.63, 3.8) is 0 Å². The van der Waals surface area contributed by atoms with Gasteiger partial charge in [0.05, 0.1) is 6.54 Å². The molecule has 0 bridgehead atoms. The van der Waals surface area contributed by atoms with Crippen molar-refractivity contribution in [1.29, 1.82) is 0 Å². The van der Waals surface area contributed by atoms with Crippen LogP contribution in [-0.2, 0) is 9.59 Å². The molecule has 3 unspecified atom stereocenters. The molecule has 1 heterocycles. The lowest BCUT2D eigenvalue weighted by Crippen LogP contribution is -2.56. The molecule has 3 rings (SSSR count). The zero-order valence-electron chi connectivity index (χ0n) is 11.7. The number of carbonyl (C=O) groups is 2. The predicted molar refractivity (Wildman–Crippen MR) is 75.8 cm³/mol. The van der Waals surface area contributed by atoms with Crippen molar-refractivity contribution >= 4 is 11.8 Å². The van der Waals surface area contributed by atoms with Crippen molar-refractivity contribution in [1.82, 2.24) is 10.2 Å². The molecule has 2 aliphatic rings. The first-order chi connectivity index (χ1) is 9.65. The minimum absolute atomic E-state index is 0.0369. The molecule has 3 atom stereocenters. The fraction of sp³-hybridized carbons (Fsp3) is 0.500. The van der Waals surface area contributed by atoms with E-state index in [1.54, 1.807) is 4.90 Å². The Morgan fingerprint density at radius 2 is 1.90 bits per heavy atom. The van der Waals surface area contributed by atoms with E-state index < -0.39 is 6.04 Å². The summed E-state index contributed by atoms with van der Waals surface area (Å²) in [7, 11) is 0. The molecule has 0 aromatic heterocycles. The number of carbonyl (C=O) groups excluding carboxylic acids is 2. The summed E-state index contributed by atoms with van der Waals surface area (Å²) in [4.78, 5) is 26.4. The second-order valence-corrected chi connectivity index (χ2v) is 5.95. The van der Waals surface area contributed by atoms with E-state index in [1.165, 1.54) is 0 Å². The number of amides is 2. The molecule has 1 aromatic carbocycles. The maximum absolute atomic E-state index is 12.7. The summed E-state index contributed by atoms with van der Waals surface area (Å²) in [5, 5.41) is 2.82. The SMILES string of the molecule is CC1CCC(N2CC(=O)NC(c3ccccc3)C2=O)C1. The monoisotopic (exact) mass is 272 g/mol. The van der Waals surface area contributed by atoms with Crippen LogP contribution in [0.15, 0.2) is 30.3 Å². The van der Waals surface area contributed by atoms with E-state index in [1.807, 2.05) is 30.3 Å². The minimum Gasteiger partial charge on any atom is -0.339 e. The Morgan fingerprint density at radius 3 is 2.55 bits per heavy atom. The van der Waals surface area contributed by atoms with Gasteiger partial charge >= 0.3 is 0 Å². The number of nitrogens with zero attached hydrogens (tertiary/aromatic N) is 1. The molecular formula is C16H20N2O2. The van der Waals surface area contributed by atoms with Gasteiger partial charge in [0.15, 0.2) is 0 Å². The molecule has 2 amide bonds. The van der Waals surface area contributed by atoms with Crippen LogP contribution in [0.3, 0.4) is 0 Å². The van der Waals surface area contributed by atoms with E-state index in [4.69, 9.17) is 0 Å². The van der Waals surface area contributed by atoms with Crippen LogP contribution in [0.1, 0.15) is 37.8 Å². The second kappa shape index (κ2) is 5.27. The van der Waals surface area contributed by atoms with E-state index in [0.717, 1.165) is 24.8 Å². The van der Waals surface area contributed by atoms with E-state index in [-0.39, 0.29) is 24.4 Å². The smallest absolute Gasteiger partial charge is 0.250 e. The lowest BCUT2D eigenvalue weighted by atomic mass is 10.0. The van der Waals surface area contributed by atoms with E-state index >= 15 is 0 Å². The molecule has 1 aliphatic carbocycles. The summed E-state index contributed by atoms with van der Waals surface area (Å²) in [6.07, 6.45) is 3.17. The molecule has 4 nitrogen and oxygen atoms in total. The number of benzene rings is 1. The summed E-state index contributed by atoms with van der Waals surface area (Å²) in [6.45, 7) is 2.42. The van der Waals surface area contributed by atoms with Crippen molar-refractivity contribution in [3.8, 4) is 0 Å². The maximum Gasteiger partial charge on any atom is 0.250 e. The highest BCUT2D eigenvalue weighted by atomic mass is 16.2. The summed E-state index contributed by atoms with van der Waals surface area (Å²) in [6, 6.07) is 9.20. The topological polar surface area (TPSA) is 49.4 Å². The third-order valence-electron chi connectivity index (χ3n) is 4.39. The number of piperazine rings is 1. The molecule has 1 aliphatic heterocycles. The van der Waals surface area contributed by atoms with Crippen molar-refractivity contribution in [3.05, 3.63) is 35.9 Å². The van der Waals surface area contributed by atoms with Crippen LogP contribution in [-0.4, -0.2) is 29.3 Å². The Balaban J connectivity index is 1.83. The van der Waals surface area contributed by atoms with Gasteiger partial charge in [-0.25, -0.2) is 0 Å². The summed E-state index contributed by atoms with van der Waals surface area (Å²) >= 11 is 0. The zero-order valence-corrected chi connectivity index (χ0v) is 11.7. The first kappa shape index (κ1) is 13.2. The molecule has 2 fully saturated rings. The lowest BCUT2D eigenvalue weighted by Gasteiger charge is -2.36. The number of hydrogen-bond donors (Lipinski definition) is 1. The van der Waals surface area contributed by atoms with Crippen molar-refractivity contribution in [2.45, 2.75) is 38.3 Å². The minimum atomic E-state index is -0.520. The number of hydrogen-bond acceptors (Lipinski definition) is 2. The molecular weight excluding hydrogens is 252 g/mol. The van der Waals surface area contributed by atoms with Gasteiger partial charge < -0.3 is 10.2 Å². The van der Waals surface area contributed by atoms with Crippen LogP contribution in [0.4, 0.5) is 0 Å². The van der Waals surface area contributed by atoms with Gasteiger partial charge in [0.2, 0.25) is 5.91 Å². The Morgan fingerprint density at radius 1 is 1.15 bits per heavy atom. The molecule has 1 saturated heterocycles. The molecule has 0 radical (unpaired) electrons. The largest absolute Gasteiger partial charge is 0.339 e. The predicted octanol–water partition coefficient (Wildman–Crippen LogP) is 1.87. The maximum atomic E-state index is 12.7. The second-order valence-electron chi connectivity index (χ2n) is 5.95. The molecule has 4 heteroatoms. The van der Waals surface area contributed by atoms with Crippen LogP contribution in [0.25, 0.3) is 0 Å². The summed E-state index contributed by atoms with van der Waals surface area (Å²) < 4.78 is 0. The van der Waals surface area contributed by atoms with E-state index in [2.05, 4.69) is 12.2 Å². The van der Waals surface area contributed by atoms with E-state index in [9.17, 15) is 9.59 Å². The first-order valence-corrected chi connectivity index (χ1v) is 7.30.